The summed E-state index contributed by atoms with van der Waals surface area (Å²) in [4.78, 5) is 27.3. The first kappa shape index (κ1) is 14.8. The molecule has 1 aromatic rings. The molecule has 0 radical (unpaired) electrons. The predicted molar refractivity (Wildman–Crippen MR) is 86.5 cm³/mol. The summed E-state index contributed by atoms with van der Waals surface area (Å²) in [6.07, 6.45) is 6.29. The zero-order chi connectivity index (χ0) is 15.5. The molecule has 0 spiro atoms. The van der Waals surface area contributed by atoms with Crippen molar-refractivity contribution in [3.8, 4) is 0 Å². The van der Waals surface area contributed by atoms with Crippen LogP contribution >= 0.6 is 11.8 Å². The van der Waals surface area contributed by atoms with E-state index in [4.69, 9.17) is 0 Å². The summed E-state index contributed by atoms with van der Waals surface area (Å²) in [5, 5.41) is 14.1. The first-order chi connectivity index (χ1) is 10.6. The number of nitro groups is 1. The number of thioether (sulfide) groups is 1. The number of carbonyl (C=O) groups is 1. The number of benzene rings is 1. The lowest BCUT2D eigenvalue weighted by Crippen LogP contribution is -2.21. The van der Waals surface area contributed by atoms with Crippen LogP contribution in [-0.4, -0.2) is 22.0 Å². The van der Waals surface area contributed by atoms with Crippen molar-refractivity contribution in [1.82, 2.24) is 5.32 Å². The van der Waals surface area contributed by atoms with E-state index in [2.05, 4.69) is 10.3 Å². The molecule has 0 bridgehead atoms. The van der Waals surface area contributed by atoms with Crippen molar-refractivity contribution in [2.24, 2.45) is 4.99 Å². The molecule has 6 nitrogen and oxygen atoms in total. The number of amides is 1. The summed E-state index contributed by atoms with van der Waals surface area (Å²) in [5.74, 6) is -0.167. The van der Waals surface area contributed by atoms with Crippen LogP contribution in [0, 0.1) is 10.1 Å². The van der Waals surface area contributed by atoms with Crippen LogP contribution in [-0.2, 0) is 4.79 Å². The van der Waals surface area contributed by atoms with E-state index in [1.165, 1.54) is 36.7 Å². The molecule has 2 fully saturated rings. The van der Waals surface area contributed by atoms with Gasteiger partial charge in [0.05, 0.1) is 15.9 Å². The summed E-state index contributed by atoms with van der Waals surface area (Å²) in [6.45, 7) is 0. The van der Waals surface area contributed by atoms with Gasteiger partial charge in [-0.15, -0.1) is 0 Å². The highest BCUT2D eigenvalue weighted by Gasteiger charge is 2.25. The number of amidine groups is 1. The molecule has 1 aromatic carbocycles. The fourth-order valence-electron chi connectivity index (χ4n) is 2.53. The Balaban J connectivity index is 1.73. The van der Waals surface area contributed by atoms with Gasteiger partial charge in [-0.3, -0.25) is 19.9 Å². The third-order valence-electron chi connectivity index (χ3n) is 3.68. The normalized spacial score (nSPS) is 22.5. The number of nitro benzene ring substituents is 1. The van der Waals surface area contributed by atoms with Gasteiger partial charge in [-0.1, -0.05) is 12.8 Å². The molecule has 0 unspecified atom stereocenters. The van der Waals surface area contributed by atoms with Crippen molar-refractivity contribution >= 4 is 34.6 Å². The van der Waals surface area contributed by atoms with Gasteiger partial charge in [-0.2, -0.15) is 0 Å². The Hall–Kier alpha value is -2.15. The topological polar surface area (TPSA) is 84.6 Å². The average molecular weight is 317 g/mol. The summed E-state index contributed by atoms with van der Waals surface area (Å²) in [5.41, 5.74) is 0.791. The van der Waals surface area contributed by atoms with E-state index in [1.54, 1.807) is 18.2 Å². The molecule has 1 amide bonds. The van der Waals surface area contributed by atoms with E-state index >= 15 is 0 Å². The smallest absolute Gasteiger partial charge is 0.269 e. The lowest BCUT2D eigenvalue weighted by atomic mass is 10.2. The van der Waals surface area contributed by atoms with Crippen LogP contribution < -0.4 is 5.32 Å². The van der Waals surface area contributed by atoms with Crippen LogP contribution in [0.1, 0.15) is 31.2 Å². The van der Waals surface area contributed by atoms with Gasteiger partial charge in [0, 0.05) is 12.1 Å². The fraction of sp³-hybridized carbons (Fsp3) is 0.333. The summed E-state index contributed by atoms with van der Waals surface area (Å²) >= 11 is 1.33. The third-order valence-corrected chi connectivity index (χ3v) is 4.60. The van der Waals surface area contributed by atoms with E-state index in [9.17, 15) is 14.9 Å². The number of non-ortho nitro benzene ring substituents is 1. The van der Waals surface area contributed by atoms with Gasteiger partial charge in [-0.05, 0) is 48.4 Å². The Kier molecular flexibility index (Phi) is 4.24. The summed E-state index contributed by atoms with van der Waals surface area (Å²) in [7, 11) is 0. The van der Waals surface area contributed by atoms with Gasteiger partial charge < -0.3 is 5.32 Å². The maximum absolute atomic E-state index is 11.9. The molecule has 1 aliphatic heterocycles. The van der Waals surface area contributed by atoms with E-state index in [-0.39, 0.29) is 11.6 Å². The minimum atomic E-state index is -0.444. The van der Waals surface area contributed by atoms with E-state index in [1.807, 2.05) is 0 Å². The van der Waals surface area contributed by atoms with Gasteiger partial charge >= 0.3 is 0 Å². The summed E-state index contributed by atoms with van der Waals surface area (Å²) < 4.78 is 0. The van der Waals surface area contributed by atoms with Crippen molar-refractivity contribution in [2.75, 3.05) is 0 Å². The number of hydrogen-bond acceptors (Lipinski definition) is 5. The van der Waals surface area contributed by atoms with Gasteiger partial charge in [0.1, 0.15) is 0 Å². The lowest BCUT2D eigenvalue weighted by Gasteiger charge is -2.02. The molecule has 7 heteroatoms. The Morgan fingerprint density at radius 1 is 1.27 bits per heavy atom. The van der Waals surface area contributed by atoms with Crippen LogP contribution in [0.2, 0.25) is 0 Å². The number of aliphatic imine (C=N–C) groups is 1. The number of carbonyl (C=O) groups excluding carboxylic acids is 1. The van der Waals surface area contributed by atoms with Gasteiger partial charge in [0.25, 0.3) is 11.6 Å². The molecular formula is C15H15N3O3S. The molecule has 1 N–H and O–H groups in total. The second-order valence-electron chi connectivity index (χ2n) is 5.29. The van der Waals surface area contributed by atoms with Gasteiger partial charge in [0.15, 0.2) is 5.17 Å². The minimum Gasteiger partial charge on any atom is -0.301 e. The molecule has 0 aromatic heterocycles. The predicted octanol–water partition coefficient (Wildman–Crippen LogP) is 3.10. The van der Waals surface area contributed by atoms with Gasteiger partial charge in [0.2, 0.25) is 0 Å². The third kappa shape index (κ3) is 3.36. The maximum Gasteiger partial charge on any atom is 0.269 e. The molecule has 1 aliphatic carbocycles. The van der Waals surface area contributed by atoms with Crippen LogP contribution in [0.25, 0.3) is 6.08 Å². The largest absolute Gasteiger partial charge is 0.301 e. The van der Waals surface area contributed by atoms with E-state index in [0.29, 0.717) is 16.1 Å². The molecule has 0 atom stereocenters. The van der Waals surface area contributed by atoms with Crippen molar-refractivity contribution in [1.29, 1.82) is 0 Å². The van der Waals surface area contributed by atoms with E-state index in [0.717, 1.165) is 18.4 Å². The standard InChI is InChI=1S/C15H15N3O3S/c19-14-13(9-10-5-7-12(8-6-10)18(20)21)22-15(17-14)16-11-3-1-2-4-11/h5-9,11H,1-4H2,(H,16,17,19)/b13-9+. The van der Waals surface area contributed by atoms with Crippen molar-refractivity contribution in [3.05, 3.63) is 44.8 Å². The first-order valence-electron chi connectivity index (χ1n) is 7.15. The number of hydrogen-bond donors (Lipinski definition) is 1. The average Bonchev–Trinajstić information content (AvgIpc) is 3.11. The number of rotatable bonds is 3. The molecule has 1 saturated carbocycles. The molecule has 2 aliphatic rings. The van der Waals surface area contributed by atoms with Crippen LogP contribution in [0.5, 0.6) is 0 Å². The number of nitrogens with one attached hydrogen (secondary N) is 1. The second-order valence-corrected chi connectivity index (χ2v) is 6.32. The quantitative estimate of drug-likeness (QED) is 0.527. The molecule has 1 saturated heterocycles. The molecule has 1 heterocycles. The monoisotopic (exact) mass is 317 g/mol. The van der Waals surface area contributed by atoms with Gasteiger partial charge in [-0.25, -0.2) is 0 Å². The number of nitrogens with zero attached hydrogens (tertiary/aromatic N) is 2. The molecule has 114 valence electrons. The highest BCUT2D eigenvalue weighted by atomic mass is 32.2. The van der Waals surface area contributed by atoms with Crippen molar-refractivity contribution in [2.45, 2.75) is 31.7 Å². The zero-order valence-electron chi connectivity index (χ0n) is 11.8. The van der Waals surface area contributed by atoms with E-state index < -0.39 is 4.92 Å². The Labute approximate surface area is 131 Å². The highest BCUT2D eigenvalue weighted by molar-refractivity contribution is 8.18. The van der Waals surface area contributed by atoms with Crippen LogP contribution in [0.3, 0.4) is 0 Å². The van der Waals surface area contributed by atoms with Crippen molar-refractivity contribution < 1.29 is 9.72 Å². The Morgan fingerprint density at radius 2 is 1.95 bits per heavy atom. The zero-order valence-corrected chi connectivity index (χ0v) is 12.6. The summed E-state index contributed by atoms with van der Waals surface area (Å²) in [6, 6.07) is 6.44. The fourth-order valence-corrected chi connectivity index (χ4v) is 3.42. The minimum absolute atomic E-state index is 0.0363. The molecule has 3 rings (SSSR count). The molecular weight excluding hydrogens is 302 g/mol. The van der Waals surface area contributed by atoms with Crippen molar-refractivity contribution in [3.63, 3.8) is 0 Å². The maximum atomic E-state index is 11.9. The molecule has 22 heavy (non-hydrogen) atoms. The SMILES string of the molecule is O=C1NC(=NC2CCCC2)S/C1=C/c1ccc([N+](=O)[O-])cc1. The van der Waals surface area contributed by atoms with Crippen LogP contribution in [0.4, 0.5) is 5.69 Å². The van der Waals surface area contributed by atoms with Crippen LogP contribution in [0.15, 0.2) is 34.2 Å². The Morgan fingerprint density at radius 3 is 2.59 bits per heavy atom. The second kappa shape index (κ2) is 6.31. The lowest BCUT2D eigenvalue weighted by molar-refractivity contribution is -0.384. The first-order valence-corrected chi connectivity index (χ1v) is 7.96. The highest BCUT2D eigenvalue weighted by Crippen LogP contribution is 2.29. The Bertz CT molecular complexity index is 661.